The summed E-state index contributed by atoms with van der Waals surface area (Å²) < 4.78 is 69.6. The molecule has 22 nitrogen and oxygen atoms in total. The van der Waals surface area contributed by atoms with Crippen LogP contribution >= 0.6 is 0 Å². The molecule has 10 N–H and O–H groups in total. The van der Waals surface area contributed by atoms with Gasteiger partial charge in [0.05, 0.1) is 45.2 Å². The molecule has 5 saturated heterocycles. The Bertz CT molecular complexity index is 1810. The van der Waals surface area contributed by atoms with Crippen LogP contribution in [0.25, 0.3) is 0 Å². The Morgan fingerprint density at radius 2 is 1.00 bits per heavy atom. The summed E-state index contributed by atoms with van der Waals surface area (Å²) in [6.45, 7) is -1.64. The van der Waals surface area contributed by atoms with Crippen LogP contribution in [-0.4, -0.2) is 190 Å². The first kappa shape index (κ1) is 42.1. The standard InChI is InChI=1S/C38H48O22/c39-6-22-25(42)26(43)29(46)37(56-22)59-35-24(8-41)58-38(31(48)28(35)45)60-34-23(7-40)57-36(30(47)27(34)44)55-18-5-21-20(53-12-54-21)4-14(18)33-16-10-49-32(15(16)9-50-33)13-1-2-17-19(3-13)52-11-51-17/h1-5,15-16,22-48H,6-12H2/t15-,16-,22+,23+,24+,25+,26-,27+,28+,29+,30+,31+,32+,33+,34+,35+,36+,37-,38-/m0/s1. The van der Waals surface area contributed by atoms with E-state index in [4.69, 9.17) is 56.8 Å². The summed E-state index contributed by atoms with van der Waals surface area (Å²) in [5, 5.41) is 106. The van der Waals surface area contributed by atoms with Crippen LogP contribution in [-0.2, 0) is 33.2 Å². The minimum absolute atomic E-state index is 0.0560. The fourth-order valence-electron chi connectivity index (χ4n) is 8.83. The Balaban J connectivity index is 0.887. The molecular formula is C38H48O22. The molecule has 22 heteroatoms. The average molecular weight is 857 g/mol. The number of benzene rings is 2. The van der Waals surface area contributed by atoms with Gasteiger partial charge in [-0.3, -0.25) is 0 Å². The highest BCUT2D eigenvalue weighted by atomic mass is 16.8. The third kappa shape index (κ3) is 7.45. The van der Waals surface area contributed by atoms with Crippen LogP contribution in [0.1, 0.15) is 23.3 Å². The van der Waals surface area contributed by atoms with E-state index in [-0.39, 0.29) is 37.3 Å². The number of rotatable bonds is 11. The number of ether oxygens (including phenoxy) is 12. The lowest BCUT2D eigenvalue weighted by Gasteiger charge is -2.48. The van der Waals surface area contributed by atoms with Gasteiger partial charge in [-0.05, 0) is 23.8 Å². The van der Waals surface area contributed by atoms with Crippen molar-refractivity contribution < 1.29 is 108 Å². The first-order chi connectivity index (χ1) is 29.0. The van der Waals surface area contributed by atoms with Gasteiger partial charge in [0, 0.05) is 23.5 Å². The van der Waals surface area contributed by atoms with Gasteiger partial charge in [0.1, 0.15) is 79.0 Å². The van der Waals surface area contributed by atoms with Gasteiger partial charge in [0.15, 0.2) is 35.6 Å². The fourth-order valence-corrected chi connectivity index (χ4v) is 8.83. The maximum atomic E-state index is 11.4. The van der Waals surface area contributed by atoms with Gasteiger partial charge in [-0.15, -0.1) is 0 Å². The van der Waals surface area contributed by atoms with Crippen LogP contribution in [0.5, 0.6) is 28.7 Å². The van der Waals surface area contributed by atoms with Gasteiger partial charge in [-0.25, -0.2) is 0 Å². The first-order valence-electron chi connectivity index (χ1n) is 19.6. The second kappa shape index (κ2) is 17.1. The van der Waals surface area contributed by atoms with Gasteiger partial charge in [-0.1, -0.05) is 6.07 Å². The molecule has 2 aromatic rings. The van der Waals surface area contributed by atoms with Crippen LogP contribution in [0.2, 0.25) is 0 Å². The van der Waals surface area contributed by atoms with Gasteiger partial charge in [-0.2, -0.15) is 0 Å². The number of hydrogen-bond donors (Lipinski definition) is 10. The molecule has 7 aliphatic heterocycles. The van der Waals surface area contributed by atoms with Crippen molar-refractivity contribution in [2.75, 3.05) is 46.6 Å². The molecule has 7 heterocycles. The van der Waals surface area contributed by atoms with E-state index in [0.29, 0.717) is 41.8 Å². The van der Waals surface area contributed by atoms with Crippen molar-refractivity contribution in [1.29, 1.82) is 0 Å². The predicted molar refractivity (Wildman–Crippen MR) is 189 cm³/mol. The molecule has 332 valence electrons. The Kier molecular flexibility index (Phi) is 12.0. The van der Waals surface area contributed by atoms with E-state index in [2.05, 4.69) is 0 Å². The van der Waals surface area contributed by atoms with E-state index in [1.807, 2.05) is 18.2 Å². The summed E-state index contributed by atoms with van der Waals surface area (Å²) in [6.07, 6.45) is -26.6. The highest BCUT2D eigenvalue weighted by molar-refractivity contribution is 5.53. The summed E-state index contributed by atoms with van der Waals surface area (Å²) in [4.78, 5) is 0. The first-order valence-corrected chi connectivity index (χ1v) is 19.6. The lowest BCUT2D eigenvalue weighted by Crippen LogP contribution is -2.66. The largest absolute Gasteiger partial charge is 0.461 e. The van der Waals surface area contributed by atoms with E-state index >= 15 is 0 Å². The zero-order chi connectivity index (χ0) is 42.0. The third-order valence-electron chi connectivity index (χ3n) is 12.1. The van der Waals surface area contributed by atoms with Crippen molar-refractivity contribution in [3.63, 3.8) is 0 Å². The molecule has 0 aromatic heterocycles. The molecule has 9 rings (SSSR count). The molecule has 0 spiro atoms. The van der Waals surface area contributed by atoms with E-state index in [9.17, 15) is 51.1 Å². The van der Waals surface area contributed by atoms with Crippen molar-refractivity contribution in [3.05, 3.63) is 41.5 Å². The molecule has 0 amide bonds. The van der Waals surface area contributed by atoms with Crippen molar-refractivity contribution in [2.45, 2.75) is 104 Å². The molecule has 0 aliphatic carbocycles. The molecule has 0 radical (unpaired) electrons. The molecule has 0 saturated carbocycles. The smallest absolute Gasteiger partial charge is 0.231 e. The fraction of sp³-hybridized carbons (Fsp3) is 0.684. The molecule has 0 bridgehead atoms. The SMILES string of the molecule is OC[C@H]1O[C@@H](O[C@H]2[C@H](O)[C@@H](O)[C@H](O[C@H]3[C@H](O)[C@@H](O)[C@H](Oc4cc5c(cc4[C@H]4OC[C@H]6[C@@H]4CO[C@@H]6c4ccc6c(c4)OCO6)OCO5)O[C@@H]3CO)O[C@@H]2CO)[C@H](O)[C@@H](O)[C@@H]1O. The van der Waals surface area contributed by atoms with Crippen LogP contribution in [0.15, 0.2) is 30.3 Å². The Labute approximate surface area is 340 Å². The van der Waals surface area contributed by atoms with Gasteiger partial charge < -0.3 is 108 Å². The van der Waals surface area contributed by atoms with Crippen LogP contribution in [0, 0.1) is 11.8 Å². The minimum Gasteiger partial charge on any atom is -0.461 e. The average Bonchev–Trinajstić information content (AvgIpc) is 4.08. The zero-order valence-corrected chi connectivity index (χ0v) is 31.7. The number of aliphatic hydroxyl groups excluding tert-OH is 10. The topological polar surface area (TPSA) is 313 Å². The van der Waals surface area contributed by atoms with E-state index in [0.717, 1.165) is 5.56 Å². The second-order valence-electron chi connectivity index (χ2n) is 15.6. The molecule has 60 heavy (non-hydrogen) atoms. The highest BCUT2D eigenvalue weighted by Gasteiger charge is 2.55. The molecule has 7 aliphatic rings. The van der Waals surface area contributed by atoms with Crippen molar-refractivity contribution in [1.82, 2.24) is 0 Å². The normalized spacial score (nSPS) is 43.3. The van der Waals surface area contributed by atoms with Gasteiger partial charge in [0.2, 0.25) is 19.9 Å². The molecule has 19 atom stereocenters. The Morgan fingerprint density at radius 1 is 0.500 bits per heavy atom. The summed E-state index contributed by atoms with van der Waals surface area (Å²) >= 11 is 0. The van der Waals surface area contributed by atoms with E-state index < -0.39 is 118 Å². The molecule has 0 unspecified atom stereocenters. The zero-order valence-electron chi connectivity index (χ0n) is 31.7. The van der Waals surface area contributed by atoms with Crippen LogP contribution in [0.4, 0.5) is 0 Å². The van der Waals surface area contributed by atoms with Crippen molar-refractivity contribution in [2.24, 2.45) is 11.8 Å². The molecule has 2 aromatic carbocycles. The van der Waals surface area contributed by atoms with Crippen molar-refractivity contribution >= 4 is 0 Å². The lowest BCUT2D eigenvalue weighted by atomic mass is 9.84. The summed E-state index contributed by atoms with van der Waals surface area (Å²) in [5.41, 5.74) is 1.43. The molecule has 5 fully saturated rings. The summed E-state index contributed by atoms with van der Waals surface area (Å²) in [7, 11) is 0. The van der Waals surface area contributed by atoms with Crippen molar-refractivity contribution in [3.8, 4) is 28.7 Å². The summed E-state index contributed by atoms with van der Waals surface area (Å²) in [6, 6.07) is 8.92. The second-order valence-corrected chi connectivity index (χ2v) is 15.6. The Hall–Kier alpha value is -3.24. The monoisotopic (exact) mass is 856 g/mol. The minimum atomic E-state index is -1.98. The Morgan fingerprint density at radius 3 is 1.63 bits per heavy atom. The quantitative estimate of drug-likeness (QED) is 0.103. The number of aliphatic hydroxyl groups is 10. The lowest BCUT2D eigenvalue weighted by molar-refractivity contribution is -0.376. The summed E-state index contributed by atoms with van der Waals surface area (Å²) in [5.74, 6) is 2.01. The maximum Gasteiger partial charge on any atom is 0.231 e. The van der Waals surface area contributed by atoms with Gasteiger partial charge in [0.25, 0.3) is 0 Å². The van der Waals surface area contributed by atoms with Gasteiger partial charge >= 0.3 is 0 Å². The maximum absolute atomic E-state index is 11.4. The number of fused-ring (bicyclic) bond motifs is 3. The molecular weight excluding hydrogens is 808 g/mol. The van der Waals surface area contributed by atoms with E-state index in [1.165, 1.54) is 0 Å². The van der Waals surface area contributed by atoms with E-state index in [1.54, 1.807) is 12.1 Å². The highest BCUT2D eigenvalue weighted by Crippen LogP contribution is 2.54. The third-order valence-corrected chi connectivity index (χ3v) is 12.1. The van der Waals surface area contributed by atoms with Crippen LogP contribution in [0.3, 0.4) is 0 Å². The predicted octanol–water partition coefficient (Wildman–Crippen LogP) is -3.95. The van der Waals surface area contributed by atoms with Crippen LogP contribution < -0.4 is 23.7 Å². The number of hydrogen-bond acceptors (Lipinski definition) is 22.